The average Bonchev–Trinajstić information content (AvgIpc) is 3.33. The van der Waals surface area contributed by atoms with Crippen LogP contribution >= 0.6 is 0 Å². The van der Waals surface area contributed by atoms with Gasteiger partial charge in [-0.1, -0.05) is 6.07 Å². The number of rotatable bonds is 5. The normalized spacial score (nSPS) is 17.1. The summed E-state index contributed by atoms with van der Waals surface area (Å²) < 4.78 is 7.44. The van der Waals surface area contributed by atoms with E-state index in [1.54, 1.807) is 6.07 Å². The fourth-order valence-electron chi connectivity index (χ4n) is 3.83. The van der Waals surface area contributed by atoms with Crippen molar-refractivity contribution in [3.63, 3.8) is 0 Å². The summed E-state index contributed by atoms with van der Waals surface area (Å²) in [5.41, 5.74) is 2.74. The number of carbonyl (C=O) groups is 1. The number of likely N-dealkylation sites (tertiary alicyclic amines) is 1. The van der Waals surface area contributed by atoms with Gasteiger partial charge in [-0.3, -0.25) is 14.4 Å². The van der Waals surface area contributed by atoms with Crippen molar-refractivity contribution in [2.75, 3.05) is 26.2 Å². The molecule has 144 valence electrons. The minimum Gasteiger partial charge on any atom is -0.504 e. The molecule has 0 radical (unpaired) electrons. The van der Waals surface area contributed by atoms with Gasteiger partial charge in [-0.2, -0.15) is 5.10 Å². The summed E-state index contributed by atoms with van der Waals surface area (Å²) in [5.74, 6) is 0.749. The summed E-state index contributed by atoms with van der Waals surface area (Å²) in [7, 11) is 0. The number of hydrogen-bond acceptors (Lipinski definition) is 5. The first kappa shape index (κ1) is 17.9. The van der Waals surface area contributed by atoms with E-state index >= 15 is 0 Å². The van der Waals surface area contributed by atoms with Crippen molar-refractivity contribution < 1.29 is 14.6 Å². The lowest BCUT2D eigenvalue weighted by Crippen LogP contribution is -2.33. The van der Waals surface area contributed by atoms with Crippen molar-refractivity contribution in [3.05, 3.63) is 41.2 Å². The molecule has 27 heavy (non-hydrogen) atoms. The first-order chi connectivity index (χ1) is 13.1. The molecule has 1 amide bonds. The second-order valence-corrected chi connectivity index (χ2v) is 7.19. The molecular weight excluding hydrogens is 344 g/mol. The third kappa shape index (κ3) is 3.78. The van der Waals surface area contributed by atoms with E-state index in [1.165, 1.54) is 0 Å². The molecule has 3 heterocycles. The van der Waals surface area contributed by atoms with Gasteiger partial charge in [0, 0.05) is 32.7 Å². The Morgan fingerprint density at radius 1 is 1.19 bits per heavy atom. The van der Waals surface area contributed by atoms with E-state index in [0.717, 1.165) is 63.4 Å². The van der Waals surface area contributed by atoms with Crippen molar-refractivity contribution in [3.8, 4) is 11.5 Å². The summed E-state index contributed by atoms with van der Waals surface area (Å²) in [6.07, 6.45) is 2.17. The fourth-order valence-corrected chi connectivity index (χ4v) is 3.83. The van der Waals surface area contributed by atoms with E-state index in [0.29, 0.717) is 18.1 Å². The predicted molar refractivity (Wildman–Crippen MR) is 101 cm³/mol. The van der Waals surface area contributed by atoms with Crippen LogP contribution in [0.25, 0.3) is 0 Å². The van der Waals surface area contributed by atoms with Crippen molar-refractivity contribution in [1.29, 1.82) is 0 Å². The van der Waals surface area contributed by atoms with Crippen LogP contribution < -0.4 is 4.74 Å². The lowest BCUT2D eigenvalue weighted by atomic mass is 10.1. The molecule has 0 aliphatic carbocycles. The maximum atomic E-state index is 12.6. The van der Waals surface area contributed by atoms with Crippen LogP contribution in [0, 0.1) is 0 Å². The molecule has 4 rings (SSSR count). The number of phenols is 1. The number of nitrogens with zero attached hydrogens (tertiary/aromatic N) is 4. The molecule has 1 aromatic carbocycles. The van der Waals surface area contributed by atoms with Crippen LogP contribution in [-0.2, 0) is 19.6 Å². The highest BCUT2D eigenvalue weighted by atomic mass is 16.5. The highest BCUT2D eigenvalue weighted by Crippen LogP contribution is 2.28. The molecule has 2 aromatic rings. The molecule has 2 aliphatic heterocycles. The Morgan fingerprint density at radius 2 is 2.00 bits per heavy atom. The summed E-state index contributed by atoms with van der Waals surface area (Å²) in [6, 6.07) is 7.44. The largest absolute Gasteiger partial charge is 0.504 e. The summed E-state index contributed by atoms with van der Waals surface area (Å²) in [6.45, 7) is 7.28. The molecule has 0 spiro atoms. The zero-order valence-corrected chi connectivity index (χ0v) is 15.7. The Labute approximate surface area is 159 Å². The molecule has 0 atom stereocenters. The average molecular weight is 370 g/mol. The molecule has 0 bridgehead atoms. The van der Waals surface area contributed by atoms with Crippen LogP contribution in [0.4, 0.5) is 0 Å². The van der Waals surface area contributed by atoms with E-state index < -0.39 is 0 Å². The summed E-state index contributed by atoms with van der Waals surface area (Å²) in [4.78, 5) is 16.8. The van der Waals surface area contributed by atoms with Gasteiger partial charge in [-0.25, -0.2) is 0 Å². The number of benzene rings is 1. The van der Waals surface area contributed by atoms with Gasteiger partial charge in [0.25, 0.3) is 5.91 Å². The van der Waals surface area contributed by atoms with Gasteiger partial charge in [-0.15, -0.1) is 0 Å². The van der Waals surface area contributed by atoms with Gasteiger partial charge in [0.2, 0.25) is 0 Å². The van der Waals surface area contributed by atoms with E-state index in [9.17, 15) is 9.90 Å². The lowest BCUT2D eigenvalue weighted by molar-refractivity contribution is 0.0786. The first-order valence-corrected chi connectivity index (χ1v) is 9.67. The van der Waals surface area contributed by atoms with Gasteiger partial charge >= 0.3 is 0 Å². The molecule has 0 saturated carbocycles. The number of hydrogen-bond donors (Lipinski definition) is 1. The van der Waals surface area contributed by atoms with Crippen LogP contribution in [0.1, 0.15) is 41.5 Å². The third-order valence-corrected chi connectivity index (χ3v) is 5.22. The Balaban J connectivity index is 1.44. The van der Waals surface area contributed by atoms with E-state index in [2.05, 4.69) is 10.00 Å². The Kier molecular flexibility index (Phi) is 5.03. The van der Waals surface area contributed by atoms with E-state index in [4.69, 9.17) is 4.74 Å². The van der Waals surface area contributed by atoms with Crippen molar-refractivity contribution in [2.24, 2.45) is 0 Å². The quantitative estimate of drug-likeness (QED) is 0.874. The number of carbonyl (C=O) groups excluding carboxylic acids is 1. The summed E-state index contributed by atoms with van der Waals surface area (Å²) in [5, 5.41) is 14.4. The molecule has 1 N–H and O–H groups in total. The number of phenolic OH excluding ortho intramolecular Hbond substituents is 1. The molecule has 1 saturated heterocycles. The SMILES string of the molecule is CCOc1cc(CN2CCn3nc(C(=O)N4CCCC4)cc3C2)ccc1O. The molecule has 0 unspecified atom stereocenters. The van der Waals surface area contributed by atoms with Crippen LogP contribution in [-0.4, -0.2) is 56.8 Å². The Bertz CT molecular complexity index is 827. The standard InChI is InChI=1S/C20H26N4O3/c1-2-27-19-11-15(5-6-18(19)25)13-22-9-10-24-16(14-22)12-17(21-24)20(26)23-7-3-4-8-23/h5-6,11-12,25H,2-4,7-10,13-14H2,1H3. The van der Waals surface area contributed by atoms with Crippen molar-refractivity contribution in [2.45, 2.75) is 39.4 Å². The summed E-state index contributed by atoms with van der Waals surface area (Å²) >= 11 is 0. The minimum absolute atomic E-state index is 0.0563. The Hall–Kier alpha value is -2.54. The zero-order valence-electron chi connectivity index (χ0n) is 15.7. The van der Waals surface area contributed by atoms with Gasteiger partial charge in [0.05, 0.1) is 18.8 Å². The number of ether oxygens (including phenoxy) is 1. The number of fused-ring (bicyclic) bond motifs is 1. The van der Waals surface area contributed by atoms with Crippen molar-refractivity contribution >= 4 is 5.91 Å². The second-order valence-electron chi connectivity index (χ2n) is 7.19. The highest BCUT2D eigenvalue weighted by molar-refractivity contribution is 5.92. The number of amides is 1. The smallest absolute Gasteiger partial charge is 0.274 e. The van der Waals surface area contributed by atoms with Crippen LogP contribution in [0.5, 0.6) is 11.5 Å². The first-order valence-electron chi connectivity index (χ1n) is 9.67. The third-order valence-electron chi connectivity index (χ3n) is 5.22. The minimum atomic E-state index is 0.0563. The molecule has 7 heteroatoms. The number of aromatic hydroxyl groups is 1. The van der Waals surface area contributed by atoms with E-state index in [-0.39, 0.29) is 11.7 Å². The zero-order chi connectivity index (χ0) is 18.8. The maximum Gasteiger partial charge on any atom is 0.274 e. The number of aromatic nitrogens is 2. The maximum absolute atomic E-state index is 12.6. The predicted octanol–water partition coefficient (Wildman–Crippen LogP) is 2.24. The van der Waals surface area contributed by atoms with Crippen molar-refractivity contribution in [1.82, 2.24) is 19.6 Å². The molecule has 1 fully saturated rings. The topological polar surface area (TPSA) is 70.8 Å². The molecule has 2 aliphatic rings. The molecule has 1 aromatic heterocycles. The lowest BCUT2D eigenvalue weighted by Gasteiger charge is -2.27. The van der Waals surface area contributed by atoms with E-state index in [1.807, 2.05) is 34.7 Å². The van der Waals surface area contributed by atoms with Crippen LogP contribution in [0.2, 0.25) is 0 Å². The van der Waals surface area contributed by atoms with Gasteiger partial charge < -0.3 is 14.7 Å². The molecular formula is C20H26N4O3. The van der Waals surface area contributed by atoms with Crippen LogP contribution in [0.3, 0.4) is 0 Å². The van der Waals surface area contributed by atoms with Gasteiger partial charge in [0.1, 0.15) is 0 Å². The second kappa shape index (κ2) is 7.60. The van der Waals surface area contributed by atoms with Crippen LogP contribution in [0.15, 0.2) is 24.3 Å². The fraction of sp³-hybridized carbons (Fsp3) is 0.500. The highest BCUT2D eigenvalue weighted by Gasteiger charge is 2.25. The van der Waals surface area contributed by atoms with Gasteiger partial charge in [-0.05, 0) is 43.5 Å². The monoisotopic (exact) mass is 370 g/mol. The molecule has 7 nitrogen and oxygen atoms in total. The van der Waals surface area contributed by atoms with Gasteiger partial charge in [0.15, 0.2) is 17.2 Å². The Morgan fingerprint density at radius 3 is 2.78 bits per heavy atom.